The summed E-state index contributed by atoms with van der Waals surface area (Å²) in [5, 5.41) is 11.8. The molecule has 6 nitrogen and oxygen atoms in total. The Morgan fingerprint density at radius 3 is 2.48 bits per heavy atom. The van der Waals surface area contributed by atoms with E-state index in [2.05, 4.69) is 5.32 Å². The fourth-order valence-electron chi connectivity index (χ4n) is 2.15. The summed E-state index contributed by atoms with van der Waals surface area (Å²) >= 11 is 5.87. The quantitative estimate of drug-likeness (QED) is 0.766. The third-order valence-electron chi connectivity index (χ3n) is 3.32. The van der Waals surface area contributed by atoms with Crippen molar-refractivity contribution >= 4 is 35.2 Å². The molecule has 1 amide bonds. The topological polar surface area (TPSA) is 84.9 Å². The average Bonchev–Trinajstić information content (AvgIpc) is 2.59. The number of benzene rings is 2. The molecule has 0 saturated heterocycles. The van der Waals surface area contributed by atoms with E-state index in [-0.39, 0.29) is 16.3 Å². The van der Waals surface area contributed by atoms with Crippen molar-refractivity contribution in [1.82, 2.24) is 0 Å². The van der Waals surface area contributed by atoms with Gasteiger partial charge in [0.2, 0.25) is 5.91 Å². The molecule has 2 aromatic carbocycles. The van der Waals surface area contributed by atoms with Gasteiger partial charge in [0.05, 0.1) is 24.9 Å². The third-order valence-corrected chi connectivity index (χ3v) is 3.64. The number of halogens is 1. The Bertz CT molecular complexity index is 832. The van der Waals surface area contributed by atoms with Crippen molar-refractivity contribution in [3.8, 4) is 11.5 Å². The molecule has 0 radical (unpaired) electrons. The van der Waals surface area contributed by atoms with Gasteiger partial charge in [0.15, 0.2) is 11.5 Å². The minimum atomic E-state index is -1.22. The highest BCUT2D eigenvalue weighted by molar-refractivity contribution is 6.34. The number of carbonyl (C=O) groups excluding carboxylic acids is 1. The van der Waals surface area contributed by atoms with Crippen LogP contribution in [0.5, 0.6) is 11.5 Å². The number of carboxylic acid groups (broad SMARTS) is 1. The summed E-state index contributed by atoms with van der Waals surface area (Å²) in [6.07, 6.45) is 2.86. The summed E-state index contributed by atoms with van der Waals surface area (Å²) in [4.78, 5) is 23.3. The second-order valence-electron chi connectivity index (χ2n) is 4.90. The van der Waals surface area contributed by atoms with Gasteiger partial charge in [0.1, 0.15) is 5.56 Å². The zero-order chi connectivity index (χ0) is 18.4. The lowest BCUT2D eigenvalue weighted by Gasteiger charge is -2.08. The molecular weight excluding hydrogens is 346 g/mol. The van der Waals surface area contributed by atoms with E-state index in [1.807, 2.05) is 0 Å². The number of nitrogens with one attached hydrogen (secondary N) is 1. The highest BCUT2D eigenvalue weighted by atomic mass is 35.5. The summed E-state index contributed by atoms with van der Waals surface area (Å²) < 4.78 is 10.3. The van der Waals surface area contributed by atoms with Crippen LogP contribution in [0.3, 0.4) is 0 Å². The molecule has 0 aromatic heterocycles. The van der Waals surface area contributed by atoms with Crippen LogP contribution in [0.1, 0.15) is 15.9 Å². The van der Waals surface area contributed by atoms with Crippen LogP contribution in [0, 0.1) is 0 Å². The summed E-state index contributed by atoms with van der Waals surface area (Å²) in [7, 11) is 3.05. The number of rotatable bonds is 6. The summed E-state index contributed by atoms with van der Waals surface area (Å²) in [5.74, 6) is -0.591. The van der Waals surface area contributed by atoms with E-state index in [1.54, 1.807) is 30.3 Å². The minimum absolute atomic E-state index is 0.0502. The van der Waals surface area contributed by atoms with Gasteiger partial charge in [-0.15, -0.1) is 0 Å². The van der Waals surface area contributed by atoms with Crippen LogP contribution in [0.25, 0.3) is 6.08 Å². The molecule has 130 valence electrons. The lowest BCUT2D eigenvalue weighted by Crippen LogP contribution is -2.12. The lowest BCUT2D eigenvalue weighted by molar-refractivity contribution is -0.111. The van der Waals surface area contributed by atoms with Crippen LogP contribution in [-0.4, -0.2) is 31.2 Å². The summed E-state index contributed by atoms with van der Waals surface area (Å²) in [6.45, 7) is 0. The Labute approximate surface area is 149 Å². The van der Waals surface area contributed by atoms with E-state index >= 15 is 0 Å². The zero-order valence-electron chi connectivity index (χ0n) is 13.6. The molecule has 0 atom stereocenters. The first-order chi connectivity index (χ1) is 12.0. The molecule has 0 bridgehead atoms. The monoisotopic (exact) mass is 361 g/mol. The second kappa shape index (κ2) is 8.21. The molecule has 0 aliphatic rings. The van der Waals surface area contributed by atoms with Crippen molar-refractivity contribution < 1.29 is 24.2 Å². The van der Waals surface area contributed by atoms with Gasteiger partial charge >= 0.3 is 5.97 Å². The predicted molar refractivity (Wildman–Crippen MR) is 95.6 cm³/mol. The maximum Gasteiger partial charge on any atom is 0.339 e. The van der Waals surface area contributed by atoms with E-state index in [1.165, 1.54) is 32.4 Å². The molecule has 0 spiro atoms. The number of hydrogen-bond donors (Lipinski definition) is 2. The number of carbonyl (C=O) groups is 2. The molecule has 0 fully saturated rings. The molecular formula is C18H16ClNO5. The molecule has 0 unspecified atom stereocenters. The van der Waals surface area contributed by atoms with Crippen LogP contribution in [0.2, 0.25) is 5.02 Å². The number of hydrogen-bond acceptors (Lipinski definition) is 4. The van der Waals surface area contributed by atoms with Crippen molar-refractivity contribution in [3.63, 3.8) is 0 Å². The molecule has 25 heavy (non-hydrogen) atoms. The predicted octanol–water partition coefficient (Wildman–Crippen LogP) is 3.71. The van der Waals surface area contributed by atoms with Gasteiger partial charge in [-0.3, -0.25) is 4.79 Å². The van der Waals surface area contributed by atoms with Gasteiger partial charge < -0.3 is 19.9 Å². The SMILES string of the molecule is COc1ccc(/C=C/C(=O)Nc2cccc(Cl)c2C(=O)O)cc1OC. The fraction of sp³-hybridized carbons (Fsp3) is 0.111. The average molecular weight is 362 g/mol. The second-order valence-corrected chi connectivity index (χ2v) is 5.31. The Morgan fingerprint density at radius 2 is 1.84 bits per heavy atom. The molecule has 2 N–H and O–H groups in total. The Hall–Kier alpha value is -2.99. The maximum absolute atomic E-state index is 12.1. The Morgan fingerprint density at radius 1 is 1.12 bits per heavy atom. The fourth-order valence-corrected chi connectivity index (χ4v) is 2.40. The standard InChI is InChI=1S/C18H16ClNO5/c1-24-14-8-6-11(10-15(14)25-2)7-9-16(21)20-13-5-3-4-12(19)17(13)18(22)23/h3-10H,1-2H3,(H,20,21)(H,22,23)/b9-7+. The zero-order valence-corrected chi connectivity index (χ0v) is 14.3. The first-order valence-electron chi connectivity index (χ1n) is 7.19. The maximum atomic E-state index is 12.1. The third kappa shape index (κ3) is 4.51. The first kappa shape index (κ1) is 18.4. The van der Waals surface area contributed by atoms with Gasteiger partial charge in [0.25, 0.3) is 0 Å². The number of aromatic carboxylic acids is 1. The minimum Gasteiger partial charge on any atom is -0.493 e. The van der Waals surface area contributed by atoms with Gasteiger partial charge in [-0.1, -0.05) is 23.7 Å². The first-order valence-corrected chi connectivity index (χ1v) is 7.57. The van der Waals surface area contributed by atoms with Crippen LogP contribution in [-0.2, 0) is 4.79 Å². The molecule has 2 aromatic rings. The Kier molecular flexibility index (Phi) is 6.03. The van der Waals surface area contributed by atoms with E-state index in [0.29, 0.717) is 11.5 Å². The van der Waals surface area contributed by atoms with Gasteiger partial charge in [-0.25, -0.2) is 4.79 Å². The number of ether oxygens (including phenoxy) is 2. The number of methoxy groups -OCH3 is 2. The van der Waals surface area contributed by atoms with Crippen molar-refractivity contribution in [2.45, 2.75) is 0 Å². The molecule has 0 aliphatic carbocycles. The van der Waals surface area contributed by atoms with E-state index in [0.717, 1.165) is 5.56 Å². The highest BCUT2D eigenvalue weighted by Crippen LogP contribution is 2.28. The molecule has 0 aliphatic heterocycles. The lowest BCUT2D eigenvalue weighted by atomic mass is 10.1. The van der Waals surface area contributed by atoms with Crippen LogP contribution < -0.4 is 14.8 Å². The summed E-state index contributed by atoms with van der Waals surface area (Å²) in [5.41, 5.74) is 0.691. The molecule has 2 rings (SSSR count). The highest BCUT2D eigenvalue weighted by Gasteiger charge is 2.15. The van der Waals surface area contributed by atoms with E-state index in [4.69, 9.17) is 21.1 Å². The van der Waals surface area contributed by atoms with Crippen LogP contribution >= 0.6 is 11.6 Å². The van der Waals surface area contributed by atoms with Crippen molar-refractivity contribution in [1.29, 1.82) is 0 Å². The van der Waals surface area contributed by atoms with Crippen molar-refractivity contribution in [2.75, 3.05) is 19.5 Å². The van der Waals surface area contributed by atoms with E-state index < -0.39 is 11.9 Å². The number of carboxylic acids is 1. The van der Waals surface area contributed by atoms with Crippen LogP contribution in [0.4, 0.5) is 5.69 Å². The number of amides is 1. The normalized spacial score (nSPS) is 10.5. The largest absolute Gasteiger partial charge is 0.493 e. The molecule has 0 heterocycles. The number of anilines is 1. The summed E-state index contributed by atoms with van der Waals surface area (Å²) in [6, 6.07) is 9.66. The smallest absolute Gasteiger partial charge is 0.339 e. The van der Waals surface area contributed by atoms with E-state index in [9.17, 15) is 14.7 Å². The van der Waals surface area contributed by atoms with Gasteiger partial charge in [0, 0.05) is 6.08 Å². The Balaban J connectivity index is 2.17. The molecule has 0 saturated carbocycles. The van der Waals surface area contributed by atoms with Crippen LogP contribution in [0.15, 0.2) is 42.5 Å². The van der Waals surface area contributed by atoms with Gasteiger partial charge in [-0.2, -0.15) is 0 Å². The van der Waals surface area contributed by atoms with Crippen molar-refractivity contribution in [2.24, 2.45) is 0 Å². The van der Waals surface area contributed by atoms with Gasteiger partial charge in [-0.05, 0) is 35.9 Å². The van der Waals surface area contributed by atoms with Crippen molar-refractivity contribution in [3.05, 3.63) is 58.6 Å². The molecule has 7 heteroatoms.